The third-order valence-corrected chi connectivity index (χ3v) is 3.49. The van der Waals surface area contributed by atoms with Crippen LogP contribution in [0, 0.1) is 0 Å². The fourth-order valence-corrected chi connectivity index (χ4v) is 2.30. The summed E-state index contributed by atoms with van der Waals surface area (Å²) in [6.45, 7) is 2.57. The van der Waals surface area contributed by atoms with Gasteiger partial charge in [0, 0.05) is 41.4 Å². The number of aryl methyl sites for hydroxylation is 1. The molecule has 4 nitrogen and oxygen atoms in total. The van der Waals surface area contributed by atoms with Crippen molar-refractivity contribution in [1.29, 1.82) is 0 Å². The van der Waals surface area contributed by atoms with E-state index >= 15 is 0 Å². The zero-order valence-electron chi connectivity index (χ0n) is 11.1. The Morgan fingerprint density at radius 2 is 2.21 bits per heavy atom. The summed E-state index contributed by atoms with van der Waals surface area (Å²) in [4.78, 5) is 0. The van der Waals surface area contributed by atoms with Crippen LogP contribution in [0.2, 0.25) is 0 Å². The SMILES string of the molecule is C[C@@H](N)c1cc(Br)ccc1OCCc1ccnn1C. The number of ether oxygens (including phenoxy) is 1. The highest BCUT2D eigenvalue weighted by Crippen LogP contribution is 2.27. The fourth-order valence-electron chi connectivity index (χ4n) is 1.92. The van der Waals surface area contributed by atoms with E-state index in [1.54, 1.807) is 6.20 Å². The lowest BCUT2D eigenvalue weighted by atomic mass is 10.1. The number of halogens is 1. The molecule has 2 rings (SSSR count). The second-order valence-corrected chi connectivity index (χ2v) is 5.43. The van der Waals surface area contributed by atoms with Gasteiger partial charge in [0.15, 0.2) is 0 Å². The van der Waals surface area contributed by atoms with Gasteiger partial charge in [-0.3, -0.25) is 4.68 Å². The van der Waals surface area contributed by atoms with Crippen LogP contribution in [0.25, 0.3) is 0 Å². The summed E-state index contributed by atoms with van der Waals surface area (Å²) >= 11 is 3.45. The van der Waals surface area contributed by atoms with E-state index < -0.39 is 0 Å². The van der Waals surface area contributed by atoms with Crippen molar-refractivity contribution in [3.05, 3.63) is 46.2 Å². The third-order valence-electron chi connectivity index (χ3n) is 3.00. The number of hydrogen-bond acceptors (Lipinski definition) is 3. The van der Waals surface area contributed by atoms with Crippen LogP contribution in [0.4, 0.5) is 0 Å². The first-order valence-corrected chi connectivity index (χ1v) is 7.02. The first-order chi connectivity index (χ1) is 9.08. The highest BCUT2D eigenvalue weighted by Gasteiger charge is 2.09. The van der Waals surface area contributed by atoms with E-state index in [1.807, 2.05) is 42.9 Å². The van der Waals surface area contributed by atoms with Crippen molar-refractivity contribution in [1.82, 2.24) is 9.78 Å². The molecule has 1 aromatic heterocycles. The van der Waals surface area contributed by atoms with Crippen molar-refractivity contribution in [2.24, 2.45) is 12.8 Å². The van der Waals surface area contributed by atoms with Crippen molar-refractivity contribution in [3.8, 4) is 5.75 Å². The van der Waals surface area contributed by atoms with Gasteiger partial charge in [-0.2, -0.15) is 5.10 Å². The fraction of sp³-hybridized carbons (Fsp3) is 0.357. The molecule has 19 heavy (non-hydrogen) atoms. The average molecular weight is 324 g/mol. The Labute approximate surface area is 121 Å². The molecule has 0 aliphatic heterocycles. The van der Waals surface area contributed by atoms with Gasteiger partial charge in [-0.1, -0.05) is 15.9 Å². The van der Waals surface area contributed by atoms with E-state index in [0.29, 0.717) is 6.61 Å². The molecule has 0 unspecified atom stereocenters. The van der Waals surface area contributed by atoms with Crippen molar-refractivity contribution >= 4 is 15.9 Å². The van der Waals surface area contributed by atoms with E-state index in [2.05, 4.69) is 21.0 Å². The minimum atomic E-state index is -0.0517. The smallest absolute Gasteiger partial charge is 0.124 e. The minimum Gasteiger partial charge on any atom is -0.493 e. The number of hydrogen-bond donors (Lipinski definition) is 1. The third kappa shape index (κ3) is 3.58. The van der Waals surface area contributed by atoms with E-state index in [-0.39, 0.29) is 6.04 Å². The number of nitrogens with two attached hydrogens (primary N) is 1. The molecule has 0 fully saturated rings. The molecule has 0 spiro atoms. The van der Waals surface area contributed by atoms with Crippen molar-refractivity contribution < 1.29 is 4.74 Å². The molecule has 0 radical (unpaired) electrons. The summed E-state index contributed by atoms with van der Waals surface area (Å²) in [7, 11) is 1.93. The summed E-state index contributed by atoms with van der Waals surface area (Å²) in [6, 6.07) is 7.86. The monoisotopic (exact) mass is 323 g/mol. The number of nitrogens with zero attached hydrogens (tertiary/aromatic N) is 2. The van der Waals surface area contributed by atoms with Crippen molar-refractivity contribution in [2.75, 3.05) is 6.61 Å². The van der Waals surface area contributed by atoms with Gasteiger partial charge in [0.1, 0.15) is 5.75 Å². The Morgan fingerprint density at radius 1 is 1.42 bits per heavy atom. The molecule has 2 N–H and O–H groups in total. The quantitative estimate of drug-likeness (QED) is 0.920. The van der Waals surface area contributed by atoms with Crippen molar-refractivity contribution in [2.45, 2.75) is 19.4 Å². The highest BCUT2D eigenvalue weighted by atomic mass is 79.9. The lowest BCUT2D eigenvalue weighted by Gasteiger charge is -2.14. The van der Waals surface area contributed by atoms with Crippen LogP contribution in [-0.4, -0.2) is 16.4 Å². The second kappa shape index (κ2) is 6.21. The van der Waals surface area contributed by atoms with Gasteiger partial charge in [0.2, 0.25) is 0 Å². The topological polar surface area (TPSA) is 53.1 Å². The van der Waals surface area contributed by atoms with Gasteiger partial charge in [-0.25, -0.2) is 0 Å². The molecule has 5 heteroatoms. The maximum absolute atomic E-state index is 5.96. The van der Waals surface area contributed by atoms with Crippen LogP contribution < -0.4 is 10.5 Å². The van der Waals surface area contributed by atoms with Crippen molar-refractivity contribution in [3.63, 3.8) is 0 Å². The van der Waals surface area contributed by atoms with E-state index in [4.69, 9.17) is 10.5 Å². The van der Waals surface area contributed by atoms with Crippen LogP contribution in [0.15, 0.2) is 34.9 Å². The van der Waals surface area contributed by atoms with Crippen LogP contribution in [0.3, 0.4) is 0 Å². The van der Waals surface area contributed by atoms with Gasteiger partial charge >= 0.3 is 0 Å². The maximum Gasteiger partial charge on any atom is 0.124 e. The van der Waals surface area contributed by atoms with Crippen LogP contribution in [-0.2, 0) is 13.5 Å². The zero-order chi connectivity index (χ0) is 13.8. The standard InChI is InChI=1S/C14H18BrN3O/c1-10(16)13-9-11(15)3-4-14(13)19-8-6-12-5-7-17-18(12)2/h3-5,7,9-10H,6,8,16H2,1-2H3/t10-/m1/s1. The molecule has 1 aromatic carbocycles. The van der Waals surface area contributed by atoms with Gasteiger partial charge in [-0.05, 0) is 31.2 Å². The van der Waals surface area contributed by atoms with Crippen LogP contribution in [0.1, 0.15) is 24.2 Å². The van der Waals surface area contributed by atoms with Gasteiger partial charge < -0.3 is 10.5 Å². The Morgan fingerprint density at radius 3 is 2.84 bits per heavy atom. The van der Waals surface area contributed by atoms with Crippen LogP contribution >= 0.6 is 15.9 Å². The molecular formula is C14H18BrN3O. The summed E-state index contributed by atoms with van der Waals surface area (Å²) in [5.41, 5.74) is 8.12. The van der Waals surface area contributed by atoms with E-state index in [9.17, 15) is 0 Å². The minimum absolute atomic E-state index is 0.0517. The van der Waals surface area contributed by atoms with Crippen LogP contribution in [0.5, 0.6) is 5.75 Å². The summed E-state index contributed by atoms with van der Waals surface area (Å²) < 4.78 is 8.71. The molecule has 0 aliphatic carbocycles. The Bertz CT molecular complexity index is 551. The number of aromatic nitrogens is 2. The van der Waals surface area contributed by atoms with Gasteiger partial charge in [-0.15, -0.1) is 0 Å². The lowest BCUT2D eigenvalue weighted by molar-refractivity contribution is 0.313. The summed E-state index contributed by atoms with van der Waals surface area (Å²) in [5, 5.41) is 4.13. The predicted octanol–water partition coefficient (Wildman–Crippen LogP) is 2.82. The van der Waals surface area contributed by atoms with Gasteiger partial charge in [0.25, 0.3) is 0 Å². The molecule has 0 saturated carbocycles. The highest BCUT2D eigenvalue weighted by molar-refractivity contribution is 9.10. The summed E-state index contributed by atoms with van der Waals surface area (Å²) in [5.74, 6) is 0.848. The predicted molar refractivity (Wildman–Crippen MR) is 79.2 cm³/mol. The Kier molecular flexibility index (Phi) is 4.61. The first-order valence-electron chi connectivity index (χ1n) is 6.22. The Balaban J connectivity index is 2.01. The average Bonchev–Trinajstić information content (AvgIpc) is 2.77. The molecule has 1 atom stereocenters. The molecule has 2 aromatic rings. The largest absolute Gasteiger partial charge is 0.493 e. The summed E-state index contributed by atoms with van der Waals surface area (Å²) in [6.07, 6.45) is 2.62. The molecule has 0 aliphatic rings. The maximum atomic E-state index is 5.96. The zero-order valence-corrected chi connectivity index (χ0v) is 12.7. The molecule has 102 valence electrons. The normalized spacial score (nSPS) is 12.4. The van der Waals surface area contributed by atoms with E-state index in [0.717, 1.165) is 27.9 Å². The second-order valence-electron chi connectivity index (χ2n) is 4.52. The number of rotatable bonds is 5. The molecular weight excluding hydrogens is 306 g/mol. The molecule has 1 heterocycles. The Hall–Kier alpha value is -1.33. The molecule has 0 amide bonds. The molecule has 0 bridgehead atoms. The van der Waals surface area contributed by atoms with Gasteiger partial charge in [0.05, 0.1) is 6.61 Å². The number of benzene rings is 1. The first kappa shape index (κ1) is 14.1. The lowest BCUT2D eigenvalue weighted by Crippen LogP contribution is -2.10. The van der Waals surface area contributed by atoms with E-state index in [1.165, 1.54) is 0 Å². The molecule has 0 saturated heterocycles.